The summed E-state index contributed by atoms with van der Waals surface area (Å²) < 4.78 is 6.16. The number of fused-ring (bicyclic) bond motifs is 4. The lowest BCUT2D eigenvalue weighted by Gasteiger charge is -2.19. The van der Waals surface area contributed by atoms with Crippen LogP contribution in [-0.4, -0.2) is 9.13 Å². The molecule has 1 aliphatic rings. The summed E-state index contributed by atoms with van der Waals surface area (Å²) in [5, 5.41) is 3.67. The van der Waals surface area contributed by atoms with Crippen LogP contribution in [0, 0.1) is 0 Å². The molecule has 0 unspecified atom stereocenters. The predicted octanol–water partition coefficient (Wildman–Crippen LogP) is 14.4. The van der Waals surface area contributed by atoms with E-state index in [0.29, 0.717) is 0 Å². The average Bonchev–Trinajstić information content (AvgIpc) is 3.91. The highest BCUT2D eigenvalue weighted by Gasteiger charge is 2.19. The second-order valence-corrected chi connectivity index (χ2v) is 15.1. The second-order valence-electron chi connectivity index (χ2n) is 14.1. The molecule has 0 N–H and O–H groups in total. The average molecular weight is 711 g/mol. The van der Waals surface area contributed by atoms with Crippen molar-refractivity contribution in [3.8, 4) is 45.0 Å². The molecule has 0 bridgehead atoms. The third kappa shape index (κ3) is 5.31. The summed E-state index contributed by atoms with van der Waals surface area (Å²) in [4.78, 5) is 1.24. The van der Waals surface area contributed by atoms with Crippen LogP contribution < -0.4 is 0 Å². The first-order valence-corrected chi connectivity index (χ1v) is 19.5. The van der Waals surface area contributed by atoms with Gasteiger partial charge in [0.1, 0.15) is 0 Å². The molecule has 3 heterocycles. The molecule has 258 valence electrons. The second kappa shape index (κ2) is 13.2. The molecule has 0 saturated heterocycles. The number of nitrogens with zero attached hydrogens (tertiary/aromatic N) is 2. The maximum atomic E-state index is 4.19. The van der Waals surface area contributed by atoms with Gasteiger partial charge in [-0.05, 0) is 114 Å². The van der Waals surface area contributed by atoms with Gasteiger partial charge in [0.15, 0.2) is 0 Å². The van der Waals surface area contributed by atoms with E-state index in [9.17, 15) is 0 Å². The maximum absolute atomic E-state index is 4.19. The smallest absolute Gasteiger partial charge is 0.0541 e. The van der Waals surface area contributed by atoms with E-state index in [0.717, 1.165) is 18.5 Å². The summed E-state index contributed by atoms with van der Waals surface area (Å²) in [5.41, 5.74) is 15.8. The largest absolute Gasteiger partial charge is 0.309 e. The van der Waals surface area contributed by atoms with Crippen LogP contribution in [0.15, 0.2) is 164 Å². The molecule has 0 atom stereocenters. The van der Waals surface area contributed by atoms with Crippen LogP contribution in [0.25, 0.3) is 95.1 Å². The van der Waals surface area contributed by atoms with E-state index < -0.39 is 0 Å². The van der Waals surface area contributed by atoms with E-state index in [1.807, 2.05) is 17.4 Å². The van der Waals surface area contributed by atoms with Gasteiger partial charge in [0.25, 0.3) is 0 Å². The molecule has 54 heavy (non-hydrogen) atoms. The predicted molar refractivity (Wildman–Crippen MR) is 234 cm³/mol. The molecule has 3 aromatic heterocycles. The van der Waals surface area contributed by atoms with Crippen molar-refractivity contribution in [3.05, 3.63) is 186 Å². The van der Waals surface area contributed by atoms with Gasteiger partial charge in [-0.1, -0.05) is 122 Å². The van der Waals surface area contributed by atoms with Gasteiger partial charge in [-0.15, -0.1) is 11.3 Å². The first kappa shape index (κ1) is 32.2. The molecule has 3 heteroatoms. The van der Waals surface area contributed by atoms with E-state index in [1.165, 1.54) is 92.8 Å². The number of aromatic nitrogens is 2. The molecule has 2 nitrogen and oxygen atoms in total. The summed E-state index contributed by atoms with van der Waals surface area (Å²) in [6.45, 7) is 6.26. The van der Waals surface area contributed by atoms with Crippen molar-refractivity contribution in [3.63, 3.8) is 0 Å². The van der Waals surface area contributed by atoms with Crippen LogP contribution in [0.5, 0.6) is 0 Å². The molecular formula is C51H38N2S. The van der Waals surface area contributed by atoms with E-state index in [1.54, 1.807) is 0 Å². The van der Waals surface area contributed by atoms with Crippen LogP contribution in [0.1, 0.15) is 34.9 Å². The topological polar surface area (TPSA) is 9.86 Å². The van der Waals surface area contributed by atoms with Gasteiger partial charge in [-0.2, -0.15) is 0 Å². The van der Waals surface area contributed by atoms with Gasteiger partial charge in [0.2, 0.25) is 0 Å². The van der Waals surface area contributed by atoms with Crippen molar-refractivity contribution in [2.75, 3.05) is 0 Å². The zero-order chi connectivity index (χ0) is 36.2. The SMILES string of the molecule is C=Cc1c(/C=C\C)sc2ccc(-n3c(-c4ccccc4)cc4ccc(-c5ccc6c(c5)cc(-c5ccccc5)n6-c5cccc6c5C=CCC6)cc43)cc12. The Morgan fingerprint density at radius 3 is 2.15 bits per heavy atom. The summed E-state index contributed by atoms with van der Waals surface area (Å²) in [6.07, 6.45) is 13.1. The number of aryl methyl sites for hydroxylation is 1. The summed E-state index contributed by atoms with van der Waals surface area (Å²) >= 11 is 1.82. The normalized spacial score (nSPS) is 12.7. The first-order valence-electron chi connectivity index (χ1n) is 18.7. The third-order valence-corrected chi connectivity index (χ3v) is 12.0. The van der Waals surface area contributed by atoms with E-state index in [2.05, 4.69) is 193 Å². The number of benzene rings is 6. The van der Waals surface area contributed by atoms with Crippen molar-refractivity contribution < 1.29 is 0 Å². The van der Waals surface area contributed by atoms with Crippen molar-refractivity contribution in [1.29, 1.82) is 0 Å². The Bertz CT molecular complexity index is 2950. The van der Waals surface area contributed by atoms with E-state index >= 15 is 0 Å². The van der Waals surface area contributed by atoms with Crippen LogP contribution in [0.4, 0.5) is 0 Å². The van der Waals surface area contributed by atoms with E-state index in [-0.39, 0.29) is 0 Å². The van der Waals surface area contributed by atoms with Crippen molar-refractivity contribution in [2.24, 2.45) is 0 Å². The third-order valence-electron chi connectivity index (χ3n) is 10.9. The van der Waals surface area contributed by atoms with Crippen LogP contribution in [0.2, 0.25) is 0 Å². The lowest BCUT2D eigenvalue weighted by Crippen LogP contribution is -2.04. The Balaban J connectivity index is 1.16. The molecule has 9 aromatic rings. The molecule has 0 spiro atoms. The summed E-state index contributed by atoms with van der Waals surface area (Å²) in [5.74, 6) is 0. The number of allylic oxidation sites excluding steroid dienone is 2. The highest BCUT2D eigenvalue weighted by atomic mass is 32.1. The number of hydrogen-bond acceptors (Lipinski definition) is 1. The Kier molecular flexibility index (Phi) is 7.89. The zero-order valence-corrected chi connectivity index (χ0v) is 31.0. The minimum atomic E-state index is 1.08. The fourth-order valence-electron chi connectivity index (χ4n) is 8.35. The molecular weight excluding hydrogens is 673 g/mol. The highest BCUT2D eigenvalue weighted by Crippen LogP contribution is 2.40. The van der Waals surface area contributed by atoms with Crippen LogP contribution in [0.3, 0.4) is 0 Å². The Labute approximate surface area is 319 Å². The van der Waals surface area contributed by atoms with Crippen LogP contribution >= 0.6 is 11.3 Å². The summed E-state index contributed by atoms with van der Waals surface area (Å²) in [6, 6.07) is 53.8. The van der Waals surface area contributed by atoms with Crippen molar-refractivity contribution in [2.45, 2.75) is 19.8 Å². The molecule has 0 saturated carbocycles. The quantitative estimate of drug-likeness (QED) is 0.156. The van der Waals surface area contributed by atoms with Crippen molar-refractivity contribution >= 4 is 61.5 Å². The molecule has 0 amide bonds. The Morgan fingerprint density at radius 2 is 1.37 bits per heavy atom. The zero-order valence-electron chi connectivity index (χ0n) is 30.2. The standard InChI is InChI=1S/C51H38N2S/c1-3-14-50-42(4-2)44-33-41(26-28-51(44)54-50)52-47(35-16-7-5-8-17-35)31-39-24-23-38(30-49(39)52)37-25-27-45-40(29-37)32-48(36-18-9-6-10-19-36)53(45)46-22-13-20-34-15-11-12-21-43(34)46/h3-10,12-14,16-33H,2,11,15H2,1H3/b14-3-. The molecule has 10 rings (SSSR count). The monoisotopic (exact) mass is 710 g/mol. The minimum absolute atomic E-state index is 1.08. The van der Waals surface area contributed by atoms with Gasteiger partial charge in [0.05, 0.1) is 28.1 Å². The molecule has 1 aliphatic carbocycles. The maximum Gasteiger partial charge on any atom is 0.0541 e. The van der Waals surface area contributed by atoms with Crippen molar-refractivity contribution in [1.82, 2.24) is 9.13 Å². The molecule has 6 aromatic carbocycles. The van der Waals surface area contributed by atoms with Gasteiger partial charge in [-0.25, -0.2) is 0 Å². The Hall–Kier alpha value is -6.42. The molecule has 0 fully saturated rings. The highest BCUT2D eigenvalue weighted by molar-refractivity contribution is 7.20. The van der Waals surface area contributed by atoms with Gasteiger partial charge in [0, 0.05) is 37.0 Å². The van der Waals surface area contributed by atoms with E-state index in [4.69, 9.17) is 0 Å². The number of hydrogen-bond donors (Lipinski definition) is 0. The van der Waals surface area contributed by atoms with Crippen LogP contribution in [-0.2, 0) is 6.42 Å². The summed E-state index contributed by atoms with van der Waals surface area (Å²) in [7, 11) is 0. The number of rotatable bonds is 7. The van der Waals surface area contributed by atoms with Gasteiger partial charge in [-0.3, -0.25) is 0 Å². The van der Waals surface area contributed by atoms with Gasteiger partial charge >= 0.3 is 0 Å². The fraction of sp³-hybridized carbons (Fsp3) is 0.0588. The lowest BCUT2D eigenvalue weighted by molar-refractivity contribution is 0.974. The Morgan fingerprint density at radius 1 is 0.630 bits per heavy atom. The minimum Gasteiger partial charge on any atom is -0.309 e. The molecule has 0 radical (unpaired) electrons. The fourth-order valence-corrected chi connectivity index (χ4v) is 9.51. The lowest BCUT2D eigenvalue weighted by atomic mass is 9.95. The van der Waals surface area contributed by atoms with Gasteiger partial charge < -0.3 is 9.13 Å². The first-order chi connectivity index (χ1) is 26.7. The number of thiophene rings is 1. The molecule has 0 aliphatic heterocycles.